The van der Waals surface area contributed by atoms with Crippen LogP contribution in [-0.4, -0.2) is 56.1 Å². The highest BCUT2D eigenvalue weighted by atomic mass is 16.6. The summed E-state index contributed by atoms with van der Waals surface area (Å²) in [6.45, 7) is -0.787. The van der Waals surface area contributed by atoms with E-state index in [1.165, 1.54) is 13.2 Å². The topological polar surface area (TPSA) is 111 Å². The number of imide groups is 1. The van der Waals surface area contributed by atoms with Gasteiger partial charge in [0.25, 0.3) is 5.91 Å². The molecule has 3 amide bonds. The highest BCUT2D eigenvalue weighted by Crippen LogP contribution is 2.22. The van der Waals surface area contributed by atoms with E-state index < -0.39 is 30.4 Å². The lowest BCUT2D eigenvalue weighted by Crippen LogP contribution is -2.36. The normalized spacial score (nSPS) is 15.1. The molecule has 9 heteroatoms. The molecular formula is C16H16N2O7. The number of nitrogens with zero attached hydrogens (tertiary/aromatic N) is 1. The number of carbonyl (C=O) groups is 4. The molecule has 1 aliphatic heterocycles. The van der Waals surface area contributed by atoms with Gasteiger partial charge in [-0.3, -0.25) is 9.59 Å². The van der Waals surface area contributed by atoms with Crippen molar-refractivity contribution in [2.24, 2.45) is 0 Å². The summed E-state index contributed by atoms with van der Waals surface area (Å²) in [6.07, 6.45) is 1.39. The van der Waals surface area contributed by atoms with E-state index in [2.05, 4.69) is 14.8 Å². The number of nitrogens with one attached hydrogen (secondary N) is 1. The van der Waals surface area contributed by atoms with Gasteiger partial charge in [-0.05, 0) is 12.1 Å². The van der Waals surface area contributed by atoms with Gasteiger partial charge in [0.1, 0.15) is 18.0 Å². The fraction of sp³-hybridized carbons (Fsp3) is 0.250. The van der Waals surface area contributed by atoms with E-state index in [1.54, 1.807) is 24.3 Å². The molecule has 25 heavy (non-hydrogen) atoms. The van der Waals surface area contributed by atoms with Crippen LogP contribution in [0.5, 0.6) is 5.75 Å². The maximum Gasteiger partial charge on any atom is 0.343 e. The van der Waals surface area contributed by atoms with Gasteiger partial charge in [-0.25, -0.2) is 14.5 Å². The van der Waals surface area contributed by atoms with Crippen LogP contribution in [0.25, 0.3) is 6.08 Å². The summed E-state index contributed by atoms with van der Waals surface area (Å²) >= 11 is 0. The standard InChI is InChI=1S/C16H16N2O7/c1-23-13(19)8-18-15(21)11(17-16(18)22)7-10-5-3-4-6-12(10)25-9-14(20)24-2/h3-7H,8-9H2,1-2H3,(H,17,22)/b11-7+. The van der Waals surface area contributed by atoms with Crippen molar-refractivity contribution in [2.75, 3.05) is 27.4 Å². The smallest absolute Gasteiger partial charge is 0.343 e. The molecule has 0 aromatic heterocycles. The highest BCUT2D eigenvalue weighted by Gasteiger charge is 2.35. The van der Waals surface area contributed by atoms with Crippen LogP contribution in [0.2, 0.25) is 0 Å². The van der Waals surface area contributed by atoms with Crippen LogP contribution in [0.3, 0.4) is 0 Å². The number of hydrogen-bond acceptors (Lipinski definition) is 7. The quantitative estimate of drug-likeness (QED) is 0.447. The molecule has 1 heterocycles. The van der Waals surface area contributed by atoms with Crippen molar-refractivity contribution in [3.05, 3.63) is 35.5 Å². The maximum absolute atomic E-state index is 12.2. The van der Waals surface area contributed by atoms with Crippen molar-refractivity contribution >= 4 is 30.0 Å². The molecule has 1 aliphatic rings. The Morgan fingerprint density at radius 1 is 1.12 bits per heavy atom. The van der Waals surface area contributed by atoms with Crippen molar-refractivity contribution in [2.45, 2.75) is 0 Å². The number of carbonyl (C=O) groups excluding carboxylic acids is 4. The van der Waals surface area contributed by atoms with E-state index in [1.807, 2.05) is 0 Å². The van der Waals surface area contributed by atoms with Crippen molar-refractivity contribution in [3.63, 3.8) is 0 Å². The Bertz CT molecular complexity index is 742. The number of urea groups is 1. The Morgan fingerprint density at radius 3 is 2.48 bits per heavy atom. The molecule has 132 valence electrons. The number of methoxy groups -OCH3 is 2. The molecule has 0 saturated carbocycles. The minimum absolute atomic E-state index is 0.0250. The third-order valence-electron chi connectivity index (χ3n) is 3.27. The van der Waals surface area contributed by atoms with Crippen molar-refractivity contribution in [1.29, 1.82) is 0 Å². The van der Waals surface area contributed by atoms with Gasteiger partial charge in [-0.1, -0.05) is 18.2 Å². The van der Waals surface area contributed by atoms with Crippen LogP contribution in [0.1, 0.15) is 5.56 Å². The largest absolute Gasteiger partial charge is 0.481 e. The van der Waals surface area contributed by atoms with Crippen LogP contribution >= 0.6 is 0 Å². The molecule has 0 unspecified atom stereocenters. The van der Waals surface area contributed by atoms with Gasteiger partial charge >= 0.3 is 18.0 Å². The number of amides is 3. The molecule has 0 aliphatic carbocycles. The minimum atomic E-state index is -0.727. The second kappa shape index (κ2) is 7.95. The summed E-state index contributed by atoms with van der Waals surface area (Å²) in [7, 11) is 2.40. The van der Waals surface area contributed by atoms with E-state index >= 15 is 0 Å². The first-order valence-electron chi connectivity index (χ1n) is 7.16. The second-order valence-corrected chi connectivity index (χ2v) is 4.86. The zero-order valence-electron chi connectivity index (χ0n) is 13.6. The monoisotopic (exact) mass is 348 g/mol. The first kappa shape index (κ1) is 18.0. The molecule has 1 saturated heterocycles. The molecule has 0 bridgehead atoms. The number of rotatable bonds is 6. The third kappa shape index (κ3) is 4.34. The lowest BCUT2D eigenvalue weighted by Gasteiger charge is -2.09. The summed E-state index contributed by atoms with van der Waals surface area (Å²) in [6, 6.07) is 5.90. The summed E-state index contributed by atoms with van der Waals surface area (Å²) < 4.78 is 14.3. The first-order chi connectivity index (χ1) is 12.0. The number of ether oxygens (including phenoxy) is 3. The Labute approximate surface area is 143 Å². The van der Waals surface area contributed by atoms with E-state index in [0.717, 1.165) is 12.0 Å². The van der Waals surface area contributed by atoms with Gasteiger partial charge in [-0.15, -0.1) is 0 Å². The van der Waals surface area contributed by atoms with Crippen LogP contribution in [0.4, 0.5) is 4.79 Å². The second-order valence-electron chi connectivity index (χ2n) is 4.86. The van der Waals surface area contributed by atoms with Gasteiger partial charge in [-0.2, -0.15) is 0 Å². The third-order valence-corrected chi connectivity index (χ3v) is 3.27. The molecule has 1 aromatic rings. The van der Waals surface area contributed by atoms with E-state index in [-0.39, 0.29) is 12.3 Å². The van der Waals surface area contributed by atoms with Crippen molar-refractivity contribution < 1.29 is 33.4 Å². The summed E-state index contributed by atoms with van der Waals surface area (Å²) in [4.78, 5) is 47.3. The van der Waals surface area contributed by atoms with E-state index in [4.69, 9.17) is 4.74 Å². The molecule has 1 N–H and O–H groups in total. The van der Waals surface area contributed by atoms with E-state index in [0.29, 0.717) is 11.3 Å². The number of benzene rings is 1. The van der Waals surface area contributed by atoms with Crippen molar-refractivity contribution in [1.82, 2.24) is 10.2 Å². The van der Waals surface area contributed by atoms with Gasteiger partial charge in [0.05, 0.1) is 14.2 Å². The lowest BCUT2D eigenvalue weighted by molar-refractivity contribution is -0.143. The average Bonchev–Trinajstić information content (AvgIpc) is 2.87. The van der Waals surface area contributed by atoms with Gasteiger partial charge < -0.3 is 19.5 Å². The molecule has 0 spiro atoms. The Hall–Kier alpha value is -3.36. The number of esters is 2. The predicted molar refractivity (Wildman–Crippen MR) is 84.2 cm³/mol. The van der Waals surface area contributed by atoms with E-state index in [9.17, 15) is 19.2 Å². The fourth-order valence-corrected chi connectivity index (χ4v) is 1.99. The van der Waals surface area contributed by atoms with Gasteiger partial charge in [0.2, 0.25) is 0 Å². The van der Waals surface area contributed by atoms with Crippen LogP contribution in [0, 0.1) is 0 Å². The summed E-state index contributed by atoms with van der Waals surface area (Å²) in [5.41, 5.74) is 0.443. The molecule has 9 nitrogen and oxygen atoms in total. The van der Waals surface area contributed by atoms with Crippen LogP contribution in [-0.2, 0) is 23.9 Å². The lowest BCUT2D eigenvalue weighted by atomic mass is 10.1. The zero-order chi connectivity index (χ0) is 18.4. The molecule has 0 atom stereocenters. The molecule has 1 aromatic carbocycles. The van der Waals surface area contributed by atoms with Gasteiger partial charge in [0, 0.05) is 5.56 Å². The van der Waals surface area contributed by atoms with Crippen LogP contribution in [0.15, 0.2) is 30.0 Å². The summed E-state index contributed by atoms with van der Waals surface area (Å²) in [5, 5.41) is 2.38. The Kier molecular flexibility index (Phi) is 5.72. The van der Waals surface area contributed by atoms with Crippen molar-refractivity contribution in [3.8, 4) is 5.75 Å². The molecule has 0 radical (unpaired) electrons. The molecule has 2 rings (SSSR count). The SMILES string of the molecule is COC(=O)COc1ccccc1/C=C1/NC(=O)N(CC(=O)OC)C1=O. The number of para-hydroxylation sites is 1. The average molecular weight is 348 g/mol. The summed E-state index contributed by atoms with van der Waals surface area (Å²) in [5.74, 6) is -1.62. The zero-order valence-corrected chi connectivity index (χ0v) is 13.6. The Morgan fingerprint density at radius 2 is 1.80 bits per heavy atom. The fourth-order valence-electron chi connectivity index (χ4n) is 1.99. The number of hydrogen-bond donors (Lipinski definition) is 1. The minimum Gasteiger partial charge on any atom is -0.481 e. The first-order valence-corrected chi connectivity index (χ1v) is 7.16. The molecular weight excluding hydrogens is 332 g/mol. The van der Waals surface area contributed by atoms with Crippen LogP contribution < -0.4 is 10.1 Å². The van der Waals surface area contributed by atoms with Gasteiger partial charge in [0.15, 0.2) is 6.61 Å². The highest BCUT2D eigenvalue weighted by molar-refractivity contribution is 6.15. The predicted octanol–water partition coefficient (Wildman–Crippen LogP) is 0.304. The Balaban J connectivity index is 2.20. The maximum atomic E-state index is 12.2. The molecule has 1 fully saturated rings.